The summed E-state index contributed by atoms with van der Waals surface area (Å²) in [4.78, 5) is 16.8. The Morgan fingerprint density at radius 2 is 1.75 bits per heavy atom. The van der Waals surface area contributed by atoms with Crippen molar-refractivity contribution in [3.8, 4) is 17.1 Å². The van der Waals surface area contributed by atoms with Crippen molar-refractivity contribution in [2.45, 2.75) is 0 Å². The molecule has 1 aliphatic rings. The predicted octanol–water partition coefficient (Wildman–Crippen LogP) is 4.06. The second-order valence-electron chi connectivity index (χ2n) is 6.65. The smallest absolute Gasteiger partial charge is 0.289 e. The number of carbonyl (C=O) groups is 1. The number of methoxy groups -OCH3 is 1. The van der Waals surface area contributed by atoms with E-state index >= 15 is 0 Å². The summed E-state index contributed by atoms with van der Waals surface area (Å²) in [5, 5.41) is 0. The van der Waals surface area contributed by atoms with Gasteiger partial charge in [0.25, 0.3) is 5.91 Å². The second-order valence-corrected chi connectivity index (χ2v) is 6.65. The number of rotatable bonds is 4. The van der Waals surface area contributed by atoms with E-state index in [0.29, 0.717) is 24.6 Å². The van der Waals surface area contributed by atoms with Gasteiger partial charge in [0.05, 0.1) is 7.11 Å². The molecule has 0 aliphatic carbocycles. The van der Waals surface area contributed by atoms with Gasteiger partial charge in [-0.15, -0.1) is 0 Å². The molecule has 0 saturated carbocycles. The predicted molar refractivity (Wildman–Crippen MR) is 105 cm³/mol. The van der Waals surface area contributed by atoms with Crippen LogP contribution >= 0.6 is 0 Å². The number of amides is 1. The molecule has 0 spiro atoms. The number of hydrogen-bond donors (Lipinski definition) is 0. The first-order valence-electron chi connectivity index (χ1n) is 9.18. The van der Waals surface area contributed by atoms with Crippen molar-refractivity contribution in [1.29, 1.82) is 0 Å². The minimum Gasteiger partial charge on any atom is -0.497 e. The quantitative estimate of drug-likeness (QED) is 0.685. The van der Waals surface area contributed by atoms with Crippen LogP contribution in [0.25, 0.3) is 11.3 Å². The van der Waals surface area contributed by atoms with E-state index in [1.54, 1.807) is 36.3 Å². The fourth-order valence-corrected chi connectivity index (χ4v) is 3.35. The lowest BCUT2D eigenvalue weighted by molar-refractivity contribution is 0.0715. The van der Waals surface area contributed by atoms with E-state index in [4.69, 9.17) is 9.15 Å². The molecule has 0 bridgehead atoms. The van der Waals surface area contributed by atoms with Gasteiger partial charge in [-0.25, -0.2) is 4.39 Å². The van der Waals surface area contributed by atoms with Gasteiger partial charge >= 0.3 is 0 Å². The number of ether oxygens (including phenoxy) is 1. The molecule has 0 atom stereocenters. The van der Waals surface area contributed by atoms with Gasteiger partial charge in [0.1, 0.15) is 17.3 Å². The molecule has 1 aromatic heterocycles. The fourth-order valence-electron chi connectivity index (χ4n) is 3.35. The molecule has 2 heterocycles. The maximum absolute atomic E-state index is 13.1. The normalized spacial score (nSPS) is 14.2. The van der Waals surface area contributed by atoms with Gasteiger partial charge in [-0.1, -0.05) is 6.07 Å². The van der Waals surface area contributed by atoms with Crippen molar-refractivity contribution in [3.63, 3.8) is 0 Å². The number of piperazine rings is 1. The van der Waals surface area contributed by atoms with Crippen LogP contribution in [0.4, 0.5) is 10.1 Å². The summed E-state index contributed by atoms with van der Waals surface area (Å²) in [5.74, 6) is 1.24. The topological polar surface area (TPSA) is 45.9 Å². The van der Waals surface area contributed by atoms with Crippen LogP contribution < -0.4 is 9.64 Å². The molecular weight excluding hydrogens is 359 g/mol. The van der Waals surface area contributed by atoms with Crippen LogP contribution in [-0.4, -0.2) is 44.1 Å². The molecule has 0 radical (unpaired) electrons. The molecule has 2 aromatic carbocycles. The zero-order valence-corrected chi connectivity index (χ0v) is 15.6. The minimum absolute atomic E-state index is 0.126. The Hall–Kier alpha value is -3.28. The Kier molecular flexibility index (Phi) is 5.02. The number of carbonyl (C=O) groups excluding carboxylic acids is 1. The van der Waals surface area contributed by atoms with E-state index in [1.165, 1.54) is 12.1 Å². The zero-order valence-electron chi connectivity index (χ0n) is 15.6. The molecule has 6 heteroatoms. The van der Waals surface area contributed by atoms with Crippen LogP contribution in [0.2, 0.25) is 0 Å². The lowest BCUT2D eigenvalue weighted by atomic mass is 10.2. The monoisotopic (exact) mass is 380 g/mol. The lowest BCUT2D eigenvalue weighted by Gasteiger charge is -2.35. The average molecular weight is 380 g/mol. The number of nitrogens with zero attached hydrogens (tertiary/aromatic N) is 2. The highest BCUT2D eigenvalue weighted by Crippen LogP contribution is 2.25. The van der Waals surface area contributed by atoms with E-state index in [9.17, 15) is 9.18 Å². The SMILES string of the molecule is COc1cccc(N2CCN(C(=O)c3ccc(-c4ccc(F)cc4)o3)CC2)c1. The first kappa shape index (κ1) is 18.1. The Bertz CT molecular complexity index is 960. The molecule has 1 amide bonds. The minimum atomic E-state index is -0.305. The Morgan fingerprint density at radius 1 is 1.00 bits per heavy atom. The third-order valence-electron chi connectivity index (χ3n) is 4.93. The van der Waals surface area contributed by atoms with Crippen molar-refractivity contribution in [3.05, 3.63) is 72.2 Å². The number of hydrogen-bond acceptors (Lipinski definition) is 4. The van der Waals surface area contributed by atoms with Crippen LogP contribution in [-0.2, 0) is 0 Å². The van der Waals surface area contributed by atoms with Crippen LogP contribution in [0, 0.1) is 5.82 Å². The fraction of sp³-hybridized carbons (Fsp3) is 0.227. The van der Waals surface area contributed by atoms with Crippen molar-refractivity contribution in [2.75, 3.05) is 38.2 Å². The highest BCUT2D eigenvalue weighted by molar-refractivity contribution is 5.92. The maximum atomic E-state index is 13.1. The zero-order chi connectivity index (χ0) is 19.5. The van der Waals surface area contributed by atoms with Gasteiger partial charge in [-0.3, -0.25) is 4.79 Å². The van der Waals surface area contributed by atoms with Gasteiger partial charge in [0.15, 0.2) is 5.76 Å². The highest BCUT2D eigenvalue weighted by Gasteiger charge is 2.24. The molecule has 4 rings (SSSR count). The first-order chi connectivity index (χ1) is 13.6. The molecule has 28 heavy (non-hydrogen) atoms. The van der Waals surface area contributed by atoms with E-state index in [1.807, 2.05) is 24.3 Å². The van der Waals surface area contributed by atoms with Crippen molar-refractivity contribution >= 4 is 11.6 Å². The Morgan fingerprint density at radius 3 is 2.46 bits per heavy atom. The van der Waals surface area contributed by atoms with Crippen LogP contribution in [0.3, 0.4) is 0 Å². The summed E-state index contributed by atoms with van der Waals surface area (Å²) < 4.78 is 24.1. The van der Waals surface area contributed by atoms with Crippen LogP contribution in [0.5, 0.6) is 5.75 Å². The standard InChI is InChI=1S/C22H21FN2O3/c1-27-19-4-2-3-18(15-19)24-11-13-25(14-12-24)22(26)21-10-9-20(28-21)16-5-7-17(23)8-6-16/h2-10,15H,11-14H2,1H3. The molecule has 0 unspecified atom stereocenters. The van der Waals surface area contributed by atoms with Crippen molar-refractivity contribution in [2.24, 2.45) is 0 Å². The molecule has 1 aliphatic heterocycles. The first-order valence-corrected chi connectivity index (χ1v) is 9.18. The van der Waals surface area contributed by atoms with Gasteiger partial charge in [-0.2, -0.15) is 0 Å². The highest BCUT2D eigenvalue weighted by atomic mass is 19.1. The van der Waals surface area contributed by atoms with Gasteiger partial charge < -0.3 is 19.0 Å². The molecule has 5 nitrogen and oxygen atoms in total. The molecule has 1 fully saturated rings. The number of anilines is 1. The van der Waals surface area contributed by atoms with Gasteiger partial charge in [0.2, 0.25) is 0 Å². The average Bonchev–Trinajstić information content (AvgIpc) is 3.24. The summed E-state index contributed by atoms with van der Waals surface area (Å²) in [6.45, 7) is 2.71. The number of halogens is 1. The summed E-state index contributed by atoms with van der Waals surface area (Å²) in [6.07, 6.45) is 0. The second kappa shape index (κ2) is 7.76. The van der Waals surface area contributed by atoms with E-state index in [0.717, 1.165) is 30.1 Å². The number of benzene rings is 2. The van der Waals surface area contributed by atoms with Gasteiger partial charge in [0, 0.05) is 43.5 Å². The molecular formula is C22H21FN2O3. The van der Waals surface area contributed by atoms with E-state index in [-0.39, 0.29) is 11.7 Å². The lowest BCUT2D eigenvalue weighted by Crippen LogP contribution is -2.48. The van der Waals surface area contributed by atoms with Crippen LogP contribution in [0.1, 0.15) is 10.6 Å². The van der Waals surface area contributed by atoms with Gasteiger partial charge in [-0.05, 0) is 48.5 Å². The van der Waals surface area contributed by atoms with Crippen molar-refractivity contribution in [1.82, 2.24) is 4.90 Å². The van der Waals surface area contributed by atoms with Crippen LogP contribution in [0.15, 0.2) is 65.1 Å². The Labute approximate surface area is 162 Å². The summed E-state index contributed by atoms with van der Waals surface area (Å²) in [6, 6.07) is 17.4. The third-order valence-corrected chi connectivity index (χ3v) is 4.93. The maximum Gasteiger partial charge on any atom is 0.289 e. The molecule has 1 saturated heterocycles. The third kappa shape index (κ3) is 3.71. The van der Waals surface area contributed by atoms with E-state index < -0.39 is 0 Å². The number of furan rings is 1. The summed E-state index contributed by atoms with van der Waals surface area (Å²) >= 11 is 0. The summed E-state index contributed by atoms with van der Waals surface area (Å²) in [7, 11) is 1.65. The van der Waals surface area contributed by atoms with Crippen molar-refractivity contribution < 1.29 is 18.3 Å². The molecule has 3 aromatic rings. The van der Waals surface area contributed by atoms with E-state index in [2.05, 4.69) is 4.90 Å². The summed E-state index contributed by atoms with van der Waals surface area (Å²) in [5.41, 5.74) is 1.83. The largest absolute Gasteiger partial charge is 0.497 e. The molecule has 0 N–H and O–H groups in total. The Balaban J connectivity index is 1.41. The molecule has 144 valence electrons.